The van der Waals surface area contributed by atoms with Crippen LogP contribution in [0.4, 0.5) is 11.4 Å². The summed E-state index contributed by atoms with van der Waals surface area (Å²) in [5.41, 5.74) is 4.31. The van der Waals surface area contributed by atoms with E-state index in [0.717, 1.165) is 22.6 Å². The van der Waals surface area contributed by atoms with Crippen LogP contribution in [-0.2, 0) is 11.2 Å². The fourth-order valence-corrected chi connectivity index (χ4v) is 3.06. The zero-order valence-corrected chi connectivity index (χ0v) is 15.4. The normalized spacial score (nSPS) is 10.6. The van der Waals surface area contributed by atoms with E-state index in [-0.39, 0.29) is 18.0 Å². The fourth-order valence-electron chi connectivity index (χ4n) is 3.06. The third-order valence-corrected chi connectivity index (χ3v) is 4.56. The van der Waals surface area contributed by atoms with Gasteiger partial charge in [0.15, 0.2) is 0 Å². The van der Waals surface area contributed by atoms with Gasteiger partial charge in [-0.05, 0) is 39.0 Å². The summed E-state index contributed by atoms with van der Waals surface area (Å²) in [6.45, 7) is 5.42. The van der Waals surface area contributed by atoms with Crippen LogP contribution in [-0.4, -0.2) is 20.6 Å². The van der Waals surface area contributed by atoms with Gasteiger partial charge in [-0.2, -0.15) is 5.10 Å². The predicted octanol–water partition coefficient (Wildman–Crippen LogP) is 3.89. The maximum absolute atomic E-state index is 12.5. The number of hydrogen-bond donors (Lipinski definition) is 1. The Morgan fingerprint density at radius 1 is 1.11 bits per heavy atom. The van der Waals surface area contributed by atoms with Crippen LogP contribution in [0.2, 0.25) is 0 Å². The first-order valence-corrected chi connectivity index (χ1v) is 8.53. The highest BCUT2D eigenvalue weighted by molar-refractivity contribution is 5.93. The van der Waals surface area contributed by atoms with Crippen molar-refractivity contribution in [1.82, 2.24) is 9.78 Å². The first-order chi connectivity index (χ1) is 12.9. The lowest BCUT2D eigenvalue weighted by molar-refractivity contribution is -0.385. The van der Waals surface area contributed by atoms with Crippen molar-refractivity contribution < 1.29 is 9.72 Å². The third kappa shape index (κ3) is 3.72. The number of benzene rings is 2. The Morgan fingerprint density at radius 2 is 1.81 bits per heavy atom. The average Bonchev–Trinajstić information content (AvgIpc) is 2.92. The zero-order chi connectivity index (χ0) is 19.6. The Balaban J connectivity index is 1.83. The molecule has 1 amide bonds. The standard InChI is InChI=1S/C20H20N4O3/c1-13-18(10-7-11-19(13)24(26)27)21-20(25)12-17-14(2)22-23(15(17)3)16-8-5-4-6-9-16/h4-11H,12H2,1-3H3,(H,21,25). The summed E-state index contributed by atoms with van der Waals surface area (Å²) in [4.78, 5) is 23.2. The van der Waals surface area contributed by atoms with Crippen LogP contribution in [0, 0.1) is 30.9 Å². The highest BCUT2D eigenvalue weighted by Crippen LogP contribution is 2.25. The quantitative estimate of drug-likeness (QED) is 0.549. The van der Waals surface area contributed by atoms with Gasteiger partial charge in [-0.3, -0.25) is 14.9 Å². The SMILES string of the molecule is Cc1nn(-c2ccccc2)c(C)c1CC(=O)Nc1cccc([N+](=O)[O-])c1C. The molecule has 0 aliphatic heterocycles. The molecule has 2 aromatic carbocycles. The lowest BCUT2D eigenvalue weighted by atomic mass is 10.1. The Bertz CT molecular complexity index is 1010. The molecule has 3 rings (SSSR count). The number of nitrogens with one attached hydrogen (secondary N) is 1. The van der Waals surface area contributed by atoms with E-state index in [2.05, 4.69) is 10.4 Å². The number of nitro groups is 1. The van der Waals surface area contributed by atoms with E-state index in [0.29, 0.717) is 11.3 Å². The van der Waals surface area contributed by atoms with Gasteiger partial charge in [0.2, 0.25) is 5.91 Å². The number of hydrogen-bond acceptors (Lipinski definition) is 4. The minimum absolute atomic E-state index is 0.0166. The minimum atomic E-state index is -0.455. The van der Waals surface area contributed by atoms with Gasteiger partial charge in [-0.1, -0.05) is 24.3 Å². The van der Waals surface area contributed by atoms with E-state index < -0.39 is 4.92 Å². The fraction of sp³-hybridized carbons (Fsp3) is 0.200. The minimum Gasteiger partial charge on any atom is -0.325 e. The van der Waals surface area contributed by atoms with Gasteiger partial charge in [-0.25, -0.2) is 4.68 Å². The maximum Gasteiger partial charge on any atom is 0.274 e. The van der Waals surface area contributed by atoms with Gasteiger partial charge >= 0.3 is 0 Å². The van der Waals surface area contributed by atoms with Gasteiger partial charge in [-0.15, -0.1) is 0 Å². The molecule has 0 fully saturated rings. The Labute approximate surface area is 156 Å². The van der Waals surface area contributed by atoms with Crippen molar-refractivity contribution >= 4 is 17.3 Å². The van der Waals surface area contributed by atoms with E-state index in [4.69, 9.17) is 0 Å². The molecule has 0 bridgehead atoms. The molecule has 0 radical (unpaired) electrons. The first-order valence-electron chi connectivity index (χ1n) is 8.53. The molecule has 27 heavy (non-hydrogen) atoms. The maximum atomic E-state index is 12.5. The number of aromatic nitrogens is 2. The van der Waals surface area contributed by atoms with Crippen LogP contribution in [0.3, 0.4) is 0 Å². The molecule has 1 N–H and O–H groups in total. The molecule has 1 heterocycles. The molecule has 0 saturated heterocycles. The number of carbonyl (C=O) groups excluding carboxylic acids is 1. The van der Waals surface area contributed by atoms with Crippen molar-refractivity contribution in [2.24, 2.45) is 0 Å². The smallest absolute Gasteiger partial charge is 0.274 e. The molecule has 0 atom stereocenters. The number of anilines is 1. The van der Waals surface area contributed by atoms with Crippen LogP contribution in [0.15, 0.2) is 48.5 Å². The molecule has 0 spiro atoms. The molecule has 7 nitrogen and oxygen atoms in total. The largest absolute Gasteiger partial charge is 0.325 e. The highest BCUT2D eigenvalue weighted by atomic mass is 16.6. The van der Waals surface area contributed by atoms with E-state index in [9.17, 15) is 14.9 Å². The number of nitrogens with zero attached hydrogens (tertiary/aromatic N) is 3. The van der Waals surface area contributed by atoms with Gasteiger partial charge < -0.3 is 5.32 Å². The van der Waals surface area contributed by atoms with E-state index >= 15 is 0 Å². The number of nitro benzene ring substituents is 1. The van der Waals surface area contributed by atoms with E-state index in [1.54, 1.807) is 19.1 Å². The topological polar surface area (TPSA) is 90.1 Å². The summed E-state index contributed by atoms with van der Waals surface area (Å²) in [5.74, 6) is -0.239. The number of carbonyl (C=O) groups is 1. The van der Waals surface area contributed by atoms with Crippen molar-refractivity contribution in [1.29, 1.82) is 0 Å². The van der Waals surface area contributed by atoms with Crippen LogP contribution in [0.5, 0.6) is 0 Å². The predicted molar refractivity (Wildman–Crippen MR) is 103 cm³/mol. The average molecular weight is 364 g/mol. The first kappa shape index (κ1) is 18.3. The van der Waals surface area contributed by atoms with Crippen molar-refractivity contribution in [2.45, 2.75) is 27.2 Å². The van der Waals surface area contributed by atoms with Crippen LogP contribution in [0.1, 0.15) is 22.5 Å². The molecule has 1 aromatic heterocycles. The van der Waals surface area contributed by atoms with Crippen LogP contribution in [0.25, 0.3) is 5.69 Å². The number of para-hydroxylation sites is 1. The molecule has 138 valence electrons. The van der Waals surface area contributed by atoms with Crippen molar-refractivity contribution in [3.05, 3.63) is 81.2 Å². The molecule has 0 aliphatic rings. The van der Waals surface area contributed by atoms with Crippen molar-refractivity contribution in [3.8, 4) is 5.69 Å². The Morgan fingerprint density at radius 3 is 2.48 bits per heavy atom. The summed E-state index contributed by atoms with van der Waals surface area (Å²) >= 11 is 0. The van der Waals surface area contributed by atoms with Gasteiger partial charge in [0.1, 0.15) is 0 Å². The number of rotatable bonds is 5. The zero-order valence-electron chi connectivity index (χ0n) is 15.4. The molecular weight excluding hydrogens is 344 g/mol. The van der Waals surface area contributed by atoms with Crippen molar-refractivity contribution in [2.75, 3.05) is 5.32 Å². The monoisotopic (exact) mass is 364 g/mol. The van der Waals surface area contributed by atoms with E-state index in [1.165, 1.54) is 6.07 Å². The van der Waals surface area contributed by atoms with Gasteiger partial charge in [0.25, 0.3) is 5.69 Å². The third-order valence-electron chi connectivity index (χ3n) is 4.56. The van der Waals surface area contributed by atoms with Crippen LogP contribution >= 0.6 is 0 Å². The summed E-state index contributed by atoms with van der Waals surface area (Å²) in [6, 6.07) is 14.4. The lowest BCUT2D eigenvalue weighted by Crippen LogP contribution is -2.16. The molecule has 7 heteroatoms. The summed E-state index contributed by atoms with van der Waals surface area (Å²) in [7, 11) is 0. The number of amides is 1. The Hall–Kier alpha value is -3.48. The summed E-state index contributed by atoms with van der Waals surface area (Å²) in [5, 5.41) is 18.4. The van der Waals surface area contributed by atoms with Crippen LogP contribution < -0.4 is 5.32 Å². The lowest BCUT2D eigenvalue weighted by Gasteiger charge is -2.09. The molecule has 3 aromatic rings. The van der Waals surface area contributed by atoms with E-state index in [1.807, 2.05) is 48.9 Å². The van der Waals surface area contributed by atoms with Crippen molar-refractivity contribution in [3.63, 3.8) is 0 Å². The second-order valence-corrected chi connectivity index (χ2v) is 6.33. The highest BCUT2D eigenvalue weighted by Gasteiger charge is 2.18. The second kappa shape index (κ2) is 7.41. The summed E-state index contributed by atoms with van der Waals surface area (Å²) < 4.78 is 1.82. The molecule has 0 saturated carbocycles. The summed E-state index contributed by atoms with van der Waals surface area (Å²) in [6.07, 6.45) is 0.145. The number of aryl methyl sites for hydroxylation is 1. The van der Waals surface area contributed by atoms with Gasteiger partial charge in [0, 0.05) is 17.3 Å². The molecular formula is C20H20N4O3. The molecule has 0 aliphatic carbocycles. The Kier molecular flexibility index (Phi) is 5.03. The molecule has 0 unspecified atom stereocenters. The second-order valence-electron chi connectivity index (χ2n) is 6.33. The van der Waals surface area contributed by atoms with Gasteiger partial charge in [0.05, 0.1) is 34.0 Å².